The van der Waals surface area contributed by atoms with Crippen LogP contribution in [0.15, 0.2) is 24.3 Å². The van der Waals surface area contributed by atoms with Gasteiger partial charge in [-0.25, -0.2) is 9.59 Å². The van der Waals surface area contributed by atoms with Gasteiger partial charge in [-0.3, -0.25) is 23.4 Å². The number of unbranched alkanes of at least 4 members (excludes halogenated alkanes) is 2. The van der Waals surface area contributed by atoms with Crippen molar-refractivity contribution in [3.63, 3.8) is 0 Å². The van der Waals surface area contributed by atoms with Gasteiger partial charge in [0.1, 0.15) is 0 Å². The fourth-order valence-electron chi connectivity index (χ4n) is 8.82. The van der Waals surface area contributed by atoms with Crippen LogP contribution >= 0.6 is 0 Å². The van der Waals surface area contributed by atoms with E-state index in [1.54, 1.807) is 13.8 Å². The second-order valence-corrected chi connectivity index (χ2v) is 19.0. The normalized spacial score (nSPS) is 26.3. The molecule has 4 saturated carbocycles. The third-order valence-corrected chi connectivity index (χ3v) is 13.2. The molecule has 0 saturated heterocycles. The van der Waals surface area contributed by atoms with Crippen LogP contribution in [0.5, 0.6) is 0 Å². The molecule has 4 aliphatic rings. The third kappa shape index (κ3) is 21.7. The number of ether oxygens (including phenoxy) is 3. The lowest BCUT2D eigenvalue weighted by Crippen LogP contribution is -2.30. The summed E-state index contributed by atoms with van der Waals surface area (Å²) in [6.45, 7) is 11.2. The number of carbonyl (C=O) groups excluding carboxylic acids is 3. The number of hydrogen-bond donors (Lipinski definition) is 3. The van der Waals surface area contributed by atoms with Gasteiger partial charge in [-0.2, -0.15) is 8.42 Å². The molecule has 0 aromatic heterocycles. The van der Waals surface area contributed by atoms with Gasteiger partial charge in [-0.15, -0.1) is 0 Å². The maximum absolute atomic E-state index is 12.2. The number of rotatable bonds is 19. The van der Waals surface area contributed by atoms with Crippen LogP contribution in [0, 0.1) is 47.3 Å². The van der Waals surface area contributed by atoms with Gasteiger partial charge in [0.15, 0.2) is 0 Å². The van der Waals surface area contributed by atoms with Gasteiger partial charge < -0.3 is 29.5 Å². The van der Waals surface area contributed by atoms with Crippen LogP contribution in [0.2, 0.25) is 0 Å². The van der Waals surface area contributed by atoms with Crippen LogP contribution in [-0.2, 0) is 57.3 Å². The maximum atomic E-state index is 12.2. The van der Waals surface area contributed by atoms with E-state index in [1.807, 2.05) is 0 Å². The topological polar surface area (TPSA) is 234 Å². The van der Waals surface area contributed by atoms with Crippen molar-refractivity contribution in [3.05, 3.63) is 24.3 Å². The molecule has 0 heterocycles. The molecule has 348 valence electrons. The summed E-state index contributed by atoms with van der Waals surface area (Å²) in [4.78, 5) is 67.2. The van der Waals surface area contributed by atoms with Crippen molar-refractivity contribution in [2.45, 2.75) is 142 Å². The first kappa shape index (κ1) is 53.3. The summed E-state index contributed by atoms with van der Waals surface area (Å²) in [5, 5.41) is 27.0. The maximum Gasteiger partial charge on any atom is 0.333 e. The summed E-state index contributed by atoms with van der Waals surface area (Å²) in [6.07, 6.45) is 18.1. The number of aliphatic carboxylic acids is 3. The Hall–Kier alpha value is -3.79. The first-order chi connectivity index (χ1) is 28.8. The molecule has 0 aromatic rings. The zero-order chi connectivity index (χ0) is 45.5. The Labute approximate surface area is 362 Å². The zero-order valence-corrected chi connectivity index (χ0v) is 37.5. The Morgan fingerprint density at radius 2 is 0.721 bits per heavy atom. The standard InChI is InChI=1S/C22H34O6.C14H22O4.C9H16O5S/c1-15(2)21(25)27-13-3-4-14-28-22(26)19-11-7-17(8-12-19)16-5-9-18(10-6-16)20(23)24;15-13(16)11-5-1-9(2-6-11)10-3-7-12(8-4-10)14(17)18;1-8(2)9(10)13-6-4-5-7-14-15(3,11)12/h16-19H,1,3-14H2,2H3,(H,23,24);9-12H,1-8H2,(H,15,16)(H,17,18);1,4-7H2,2-3H3. The molecule has 0 aromatic carbocycles. The van der Waals surface area contributed by atoms with Crippen molar-refractivity contribution in [2.75, 3.05) is 32.7 Å². The van der Waals surface area contributed by atoms with Gasteiger partial charge in [0, 0.05) is 11.1 Å². The highest BCUT2D eigenvalue weighted by atomic mass is 32.2. The quantitative estimate of drug-likeness (QED) is 0.0370. The van der Waals surface area contributed by atoms with Crippen molar-refractivity contribution in [1.29, 1.82) is 0 Å². The van der Waals surface area contributed by atoms with Crippen LogP contribution in [0.4, 0.5) is 0 Å². The lowest BCUT2D eigenvalue weighted by Gasteiger charge is -2.36. The van der Waals surface area contributed by atoms with E-state index in [2.05, 4.69) is 17.3 Å². The predicted octanol–water partition coefficient (Wildman–Crippen LogP) is 7.76. The van der Waals surface area contributed by atoms with Gasteiger partial charge in [0.2, 0.25) is 0 Å². The minimum Gasteiger partial charge on any atom is -0.481 e. The van der Waals surface area contributed by atoms with Gasteiger partial charge in [0.05, 0.1) is 56.4 Å². The molecule has 15 nitrogen and oxygen atoms in total. The first-order valence-electron chi connectivity index (χ1n) is 22.1. The summed E-state index contributed by atoms with van der Waals surface area (Å²) in [7, 11) is -3.36. The van der Waals surface area contributed by atoms with Crippen molar-refractivity contribution in [2.24, 2.45) is 47.3 Å². The number of carbonyl (C=O) groups is 6. The smallest absolute Gasteiger partial charge is 0.333 e. The van der Waals surface area contributed by atoms with Crippen molar-refractivity contribution < 1.29 is 70.9 Å². The van der Waals surface area contributed by atoms with Crippen LogP contribution in [-0.4, -0.2) is 92.2 Å². The Kier molecular flexibility index (Phi) is 24.5. The van der Waals surface area contributed by atoms with E-state index in [0.717, 1.165) is 109 Å². The van der Waals surface area contributed by atoms with Gasteiger partial charge in [-0.1, -0.05) is 13.2 Å². The molecule has 0 unspecified atom stereocenters. The zero-order valence-electron chi connectivity index (χ0n) is 36.7. The molecule has 0 bridgehead atoms. The SMILES string of the molecule is C=C(C)C(=O)OCCCCOC(=O)C1CCC(C2CCC(C(=O)O)CC2)CC1.C=C(C)C(=O)OCCCCOS(C)(=O)=O.O=C(O)C1CCC(C2CCC(C(=O)O)CC2)CC1. The van der Waals surface area contributed by atoms with E-state index in [9.17, 15) is 37.2 Å². The Morgan fingerprint density at radius 3 is 0.984 bits per heavy atom. The Balaban J connectivity index is 0.000000336. The van der Waals surface area contributed by atoms with E-state index in [0.29, 0.717) is 73.7 Å². The van der Waals surface area contributed by atoms with Crippen molar-refractivity contribution in [3.8, 4) is 0 Å². The summed E-state index contributed by atoms with van der Waals surface area (Å²) in [5.74, 6) is -0.809. The highest BCUT2D eigenvalue weighted by Crippen LogP contribution is 2.43. The molecule has 0 amide bonds. The summed E-state index contributed by atoms with van der Waals surface area (Å²) in [6, 6.07) is 0. The summed E-state index contributed by atoms with van der Waals surface area (Å²) in [5.41, 5.74) is 0.736. The predicted molar refractivity (Wildman–Crippen MR) is 226 cm³/mol. The minimum atomic E-state index is -3.36. The lowest BCUT2D eigenvalue weighted by atomic mass is 9.69. The van der Waals surface area contributed by atoms with Crippen LogP contribution in [0.3, 0.4) is 0 Å². The monoisotopic (exact) mass is 884 g/mol. The summed E-state index contributed by atoms with van der Waals surface area (Å²) < 4.78 is 40.8. The highest BCUT2D eigenvalue weighted by molar-refractivity contribution is 7.85. The molecule has 4 fully saturated rings. The molecular weight excluding hydrogens is 813 g/mol. The fourth-order valence-corrected chi connectivity index (χ4v) is 9.24. The van der Waals surface area contributed by atoms with Gasteiger partial charge in [0.25, 0.3) is 10.1 Å². The average Bonchev–Trinajstić information content (AvgIpc) is 3.23. The molecule has 3 N–H and O–H groups in total. The second-order valence-electron chi connectivity index (χ2n) is 17.4. The second kappa shape index (κ2) is 28.0. The summed E-state index contributed by atoms with van der Waals surface area (Å²) >= 11 is 0. The van der Waals surface area contributed by atoms with E-state index < -0.39 is 34.0 Å². The van der Waals surface area contributed by atoms with E-state index in [4.69, 9.17) is 29.5 Å². The first-order valence-corrected chi connectivity index (χ1v) is 23.9. The van der Waals surface area contributed by atoms with Crippen molar-refractivity contribution >= 4 is 45.9 Å². The van der Waals surface area contributed by atoms with Crippen LogP contribution in [0.1, 0.15) is 142 Å². The largest absolute Gasteiger partial charge is 0.481 e. The van der Waals surface area contributed by atoms with Crippen LogP contribution in [0.25, 0.3) is 0 Å². The lowest BCUT2D eigenvalue weighted by molar-refractivity contribution is -0.151. The van der Waals surface area contributed by atoms with Gasteiger partial charge in [-0.05, 0) is 166 Å². The van der Waals surface area contributed by atoms with E-state index >= 15 is 0 Å². The van der Waals surface area contributed by atoms with Gasteiger partial charge >= 0.3 is 35.8 Å². The molecule has 0 spiro atoms. The molecule has 4 aliphatic carbocycles. The molecule has 61 heavy (non-hydrogen) atoms. The minimum absolute atomic E-state index is 0.00662. The molecule has 4 rings (SSSR count). The number of hydrogen-bond acceptors (Lipinski definition) is 12. The third-order valence-electron chi connectivity index (χ3n) is 12.6. The molecule has 0 atom stereocenters. The fraction of sp³-hybridized carbons (Fsp3) is 0.778. The molecule has 16 heteroatoms. The molecular formula is C45H72O15S. The Bertz CT molecular complexity index is 1510. The van der Waals surface area contributed by atoms with E-state index in [-0.39, 0.29) is 48.8 Å². The average molecular weight is 885 g/mol. The Morgan fingerprint density at radius 1 is 0.459 bits per heavy atom. The van der Waals surface area contributed by atoms with E-state index in [1.165, 1.54) is 0 Å². The highest BCUT2D eigenvalue weighted by Gasteiger charge is 2.36. The number of carboxylic acids is 3. The van der Waals surface area contributed by atoms with Crippen LogP contribution < -0.4 is 0 Å². The van der Waals surface area contributed by atoms with Crippen molar-refractivity contribution in [1.82, 2.24) is 0 Å². The molecule has 0 aliphatic heterocycles. The number of esters is 3. The number of carboxylic acid groups (broad SMARTS) is 3. The molecule has 0 radical (unpaired) electrons.